The second-order valence-corrected chi connectivity index (χ2v) is 3.73. The molecule has 0 aliphatic carbocycles. The van der Waals surface area contributed by atoms with Crippen molar-refractivity contribution in [1.29, 1.82) is 5.26 Å². The molecule has 1 aliphatic heterocycles. The van der Waals surface area contributed by atoms with Crippen LogP contribution in [0, 0.1) is 11.3 Å². The zero-order valence-electron chi connectivity index (χ0n) is 8.70. The maximum atomic E-state index is 12.7. The summed E-state index contributed by atoms with van der Waals surface area (Å²) >= 11 is 0. The SMILES string of the molecule is N#CCCc1ccc(C2(C(F)(F)F)N=N2)cc1. The Balaban J connectivity index is 2.17. The van der Waals surface area contributed by atoms with E-state index in [1.165, 1.54) is 12.1 Å². The topological polar surface area (TPSA) is 48.5 Å². The van der Waals surface area contributed by atoms with Crippen LogP contribution in [0.15, 0.2) is 34.5 Å². The molecule has 0 radical (unpaired) electrons. The van der Waals surface area contributed by atoms with Crippen molar-refractivity contribution in [3.05, 3.63) is 35.4 Å². The predicted molar refractivity (Wildman–Crippen MR) is 53.0 cm³/mol. The van der Waals surface area contributed by atoms with Gasteiger partial charge in [0.15, 0.2) is 0 Å². The van der Waals surface area contributed by atoms with Crippen LogP contribution in [0.4, 0.5) is 13.2 Å². The lowest BCUT2D eigenvalue weighted by molar-refractivity contribution is -0.166. The zero-order valence-corrected chi connectivity index (χ0v) is 8.70. The van der Waals surface area contributed by atoms with Gasteiger partial charge in [-0.1, -0.05) is 24.3 Å². The summed E-state index contributed by atoms with van der Waals surface area (Å²) in [5.74, 6) is 0. The van der Waals surface area contributed by atoms with Gasteiger partial charge in [0, 0.05) is 12.0 Å². The van der Waals surface area contributed by atoms with E-state index >= 15 is 0 Å². The van der Waals surface area contributed by atoms with E-state index < -0.39 is 11.8 Å². The lowest BCUT2D eigenvalue weighted by atomic mass is 10.00. The van der Waals surface area contributed by atoms with Gasteiger partial charge in [-0.3, -0.25) is 0 Å². The van der Waals surface area contributed by atoms with Crippen molar-refractivity contribution in [1.82, 2.24) is 0 Å². The molecule has 0 bridgehead atoms. The Kier molecular flexibility index (Phi) is 2.62. The molecule has 0 fully saturated rings. The highest BCUT2D eigenvalue weighted by atomic mass is 19.4. The number of nitriles is 1. The first kappa shape index (κ1) is 11.6. The Bertz CT molecular complexity index is 476. The monoisotopic (exact) mass is 239 g/mol. The third-order valence-electron chi connectivity index (χ3n) is 2.58. The number of benzene rings is 1. The summed E-state index contributed by atoms with van der Waals surface area (Å²) in [6.07, 6.45) is -3.61. The fourth-order valence-electron chi connectivity index (χ4n) is 1.55. The molecule has 6 heteroatoms. The van der Waals surface area contributed by atoms with Crippen LogP contribution in [0.3, 0.4) is 0 Å². The quantitative estimate of drug-likeness (QED) is 0.798. The molecule has 0 unspecified atom stereocenters. The summed E-state index contributed by atoms with van der Waals surface area (Å²) in [5.41, 5.74) is -1.50. The summed E-state index contributed by atoms with van der Waals surface area (Å²) in [7, 11) is 0. The van der Waals surface area contributed by atoms with Gasteiger partial charge < -0.3 is 0 Å². The molecule has 0 spiro atoms. The number of halogens is 3. The maximum Gasteiger partial charge on any atom is 0.442 e. The van der Waals surface area contributed by atoms with Crippen molar-refractivity contribution in [2.75, 3.05) is 0 Å². The largest absolute Gasteiger partial charge is 0.442 e. The van der Waals surface area contributed by atoms with Crippen LogP contribution in [-0.2, 0) is 12.1 Å². The third-order valence-corrected chi connectivity index (χ3v) is 2.58. The van der Waals surface area contributed by atoms with E-state index in [1.807, 2.05) is 6.07 Å². The molecule has 1 aromatic rings. The van der Waals surface area contributed by atoms with Gasteiger partial charge >= 0.3 is 11.8 Å². The van der Waals surface area contributed by atoms with E-state index in [1.54, 1.807) is 12.1 Å². The zero-order chi connectivity index (χ0) is 12.5. The summed E-state index contributed by atoms with van der Waals surface area (Å²) in [5, 5.41) is 14.6. The molecule has 1 aliphatic rings. The number of hydrogen-bond donors (Lipinski definition) is 0. The van der Waals surface area contributed by atoms with E-state index in [0.29, 0.717) is 12.8 Å². The van der Waals surface area contributed by atoms with Crippen LogP contribution >= 0.6 is 0 Å². The first-order valence-corrected chi connectivity index (χ1v) is 4.97. The van der Waals surface area contributed by atoms with Crippen LogP contribution in [0.1, 0.15) is 17.5 Å². The Hall–Kier alpha value is -1.90. The van der Waals surface area contributed by atoms with Gasteiger partial charge in [-0.2, -0.15) is 18.4 Å². The Morgan fingerprint density at radius 1 is 1.18 bits per heavy atom. The molecule has 2 rings (SSSR count). The predicted octanol–water partition coefficient (Wildman–Crippen LogP) is 3.32. The summed E-state index contributed by atoms with van der Waals surface area (Å²) in [6, 6.07) is 7.85. The molecule has 0 saturated heterocycles. The van der Waals surface area contributed by atoms with Crippen LogP contribution in [0.25, 0.3) is 0 Å². The van der Waals surface area contributed by atoms with E-state index in [2.05, 4.69) is 10.2 Å². The van der Waals surface area contributed by atoms with Crippen molar-refractivity contribution < 1.29 is 13.2 Å². The second kappa shape index (κ2) is 3.84. The number of aryl methyl sites for hydroxylation is 1. The Morgan fingerprint density at radius 3 is 2.18 bits per heavy atom. The van der Waals surface area contributed by atoms with Gasteiger partial charge in [-0.05, 0) is 12.0 Å². The average molecular weight is 239 g/mol. The molecule has 1 aromatic carbocycles. The molecule has 17 heavy (non-hydrogen) atoms. The van der Waals surface area contributed by atoms with Crippen molar-refractivity contribution in [2.45, 2.75) is 24.7 Å². The lowest BCUT2D eigenvalue weighted by Gasteiger charge is -2.14. The number of alkyl halides is 3. The number of hydrogen-bond acceptors (Lipinski definition) is 3. The first-order chi connectivity index (χ1) is 7.99. The van der Waals surface area contributed by atoms with Crippen LogP contribution in [0.2, 0.25) is 0 Å². The highest BCUT2D eigenvalue weighted by molar-refractivity contribution is 5.32. The van der Waals surface area contributed by atoms with Gasteiger partial charge in [0.25, 0.3) is 0 Å². The minimum atomic E-state index is -4.48. The van der Waals surface area contributed by atoms with Gasteiger partial charge in [0.2, 0.25) is 0 Å². The van der Waals surface area contributed by atoms with E-state index in [0.717, 1.165) is 5.56 Å². The van der Waals surface area contributed by atoms with Crippen molar-refractivity contribution in [2.24, 2.45) is 10.2 Å². The normalized spacial score (nSPS) is 16.6. The van der Waals surface area contributed by atoms with E-state index in [4.69, 9.17) is 5.26 Å². The van der Waals surface area contributed by atoms with E-state index in [9.17, 15) is 13.2 Å². The molecule has 0 aromatic heterocycles. The summed E-state index contributed by atoms with van der Waals surface area (Å²) in [4.78, 5) is 0. The summed E-state index contributed by atoms with van der Waals surface area (Å²) < 4.78 is 38.0. The van der Waals surface area contributed by atoms with E-state index in [-0.39, 0.29) is 5.56 Å². The molecule has 0 saturated carbocycles. The van der Waals surface area contributed by atoms with Crippen LogP contribution in [-0.4, -0.2) is 6.18 Å². The van der Waals surface area contributed by atoms with Gasteiger partial charge in [0.05, 0.1) is 6.07 Å². The fourth-order valence-corrected chi connectivity index (χ4v) is 1.55. The molecule has 0 N–H and O–H groups in total. The molecule has 3 nitrogen and oxygen atoms in total. The minimum Gasteiger partial charge on any atom is -0.198 e. The molecular formula is C11H8F3N3. The van der Waals surface area contributed by atoms with Gasteiger partial charge in [0.1, 0.15) is 0 Å². The molecule has 0 atom stereocenters. The smallest absolute Gasteiger partial charge is 0.198 e. The van der Waals surface area contributed by atoms with Crippen LogP contribution in [0.5, 0.6) is 0 Å². The minimum absolute atomic E-state index is 0.0192. The molecule has 0 amide bonds. The molecule has 1 heterocycles. The van der Waals surface area contributed by atoms with Gasteiger partial charge in [-0.25, -0.2) is 0 Å². The second-order valence-electron chi connectivity index (χ2n) is 3.73. The first-order valence-electron chi connectivity index (χ1n) is 4.97. The summed E-state index contributed by atoms with van der Waals surface area (Å²) in [6.45, 7) is 0. The van der Waals surface area contributed by atoms with Crippen molar-refractivity contribution in [3.8, 4) is 6.07 Å². The lowest BCUT2D eigenvalue weighted by Crippen LogP contribution is -2.30. The highest BCUT2D eigenvalue weighted by Gasteiger charge is 2.65. The Labute approximate surface area is 95.6 Å². The maximum absolute atomic E-state index is 12.7. The number of rotatable bonds is 3. The van der Waals surface area contributed by atoms with Crippen LogP contribution < -0.4 is 0 Å². The van der Waals surface area contributed by atoms with Crippen molar-refractivity contribution in [3.63, 3.8) is 0 Å². The fraction of sp³-hybridized carbons (Fsp3) is 0.364. The highest BCUT2D eigenvalue weighted by Crippen LogP contribution is 2.52. The molecule has 88 valence electrons. The standard InChI is InChI=1S/C11H8F3N3/c12-11(13,14)10(16-17-10)9-5-3-8(4-6-9)2-1-7-15/h3-6H,1-2H2. The third kappa shape index (κ3) is 2.00. The average Bonchev–Trinajstić information content (AvgIpc) is 3.07. The molecular weight excluding hydrogens is 231 g/mol. The van der Waals surface area contributed by atoms with Gasteiger partial charge in [-0.15, -0.1) is 10.2 Å². The number of nitrogens with zero attached hydrogens (tertiary/aromatic N) is 3. The van der Waals surface area contributed by atoms with Crippen molar-refractivity contribution >= 4 is 0 Å². The Morgan fingerprint density at radius 2 is 1.76 bits per heavy atom.